The van der Waals surface area contributed by atoms with Crippen molar-refractivity contribution < 1.29 is 4.74 Å². The van der Waals surface area contributed by atoms with E-state index in [1.807, 2.05) is 7.11 Å². The van der Waals surface area contributed by atoms with Crippen molar-refractivity contribution in [3.8, 4) is 0 Å². The topological polar surface area (TPSA) is 24.5 Å². The van der Waals surface area contributed by atoms with Gasteiger partial charge in [-0.3, -0.25) is 0 Å². The molecule has 0 radical (unpaired) electrons. The maximum absolute atomic E-state index is 5.23. The predicted molar refractivity (Wildman–Crippen MR) is 71.3 cm³/mol. The molecule has 1 atom stereocenters. The van der Waals surface area contributed by atoms with E-state index in [1.54, 1.807) is 0 Å². The largest absolute Gasteiger partial charge is 0.385 e. The number of hydrogen-bond donors (Lipinski definition) is 1. The normalized spacial score (nSPS) is 27.5. The highest BCUT2D eigenvalue weighted by Gasteiger charge is 2.44. The molecule has 1 heterocycles. The van der Waals surface area contributed by atoms with E-state index >= 15 is 0 Å². The fraction of sp³-hybridized carbons (Fsp3) is 1.00. The van der Waals surface area contributed by atoms with Crippen LogP contribution < -0.4 is 5.32 Å². The Bertz CT molecular complexity index is 228. The molecule has 1 aliphatic carbocycles. The third-order valence-corrected chi connectivity index (χ3v) is 4.31. The first-order valence-electron chi connectivity index (χ1n) is 7.23. The molecular formula is C14H28N2O. The Morgan fingerprint density at radius 1 is 1.41 bits per heavy atom. The Labute approximate surface area is 106 Å². The summed E-state index contributed by atoms with van der Waals surface area (Å²) in [6, 6.07) is 0.744. The lowest BCUT2D eigenvalue weighted by molar-refractivity contribution is 0.154. The average Bonchev–Trinajstić information content (AvgIpc) is 2.95. The van der Waals surface area contributed by atoms with Crippen LogP contribution in [-0.4, -0.2) is 50.8 Å². The summed E-state index contributed by atoms with van der Waals surface area (Å²) in [5, 5.41) is 3.64. The summed E-state index contributed by atoms with van der Waals surface area (Å²) in [7, 11) is 1.82. The van der Waals surface area contributed by atoms with Crippen LogP contribution in [0.2, 0.25) is 0 Å². The van der Waals surface area contributed by atoms with Crippen LogP contribution >= 0.6 is 0 Å². The standard InChI is InChI=1S/C14H28N2O/c1-3-8-15-13-4-9-16(11-13)12-14(5-6-14)7-10-17-2/h13,15H,3-12H2,1-2H3. The van der Waals surface area contributed by atoms with Crippen molar-refractivity contribution in [3.63, 3.8) is 0 Å². The molecule has 3 nitrogen and oxygen atoms in total. The first-order valence-corrected chi connectivity index (χ1v) is 7.23. The SMILES string of the molecule is CCCNC1CCN(CC2(CCOC)CC2)C1. The molecule has 2 aliphatic rings. The molecule has 1 aliphatic heterocycles. The Kier molecular flexibility index (Phi) is 4.83. The number of rotatable bonds is 8. The van der Waals surface area contributed by atoms with Gasteiger partial charge in [0, 0.05) is 32.8 Å². The van der Waals surface area contributed by atoms with E-state index in [0.717, 1.165) is 12.6 Å². The van der Waals surface area contributed by atoms with Gasteiger partial charge in [-0.15, -0.1) is 0 Å². The zero-order chi connectivity index (χ0) is 12.1. The molecule has 0 bridgehead atoms. The molecule has 1 N–H and O–H groups in total. The summed E-state index contributed by atoms with van der Waals surface area (Å²) >= 11 is 0. The van der Waals surface area contributed by atoms with Crippen molar-refractivity contribution in [1.82, 2.24) is 10.2 Å². The molecule has 1 unspecified atom stereocenters. The van der Waals surface area contributed by atoms with Crippen LogP contribution in [0.4, 0.5) is 0 Å². The molecular weight excluding hydrogens is 212 g/mol. The number of hydrogen-bond acceptors (Lipinski definition) is 3. The quantitative estimate of drug-likeness (QED) is 0.701. The summed E-state index contributed by atoms with van der Waals surface area (Å²) in [6.45, 7) is 8.20. The highest BCUT2D eigenvalue weighted by molar-refractivity contribution is 4.97. The first kappa shape index (κ1) is 13.3. The van der Waals surface area contributed by atoms with E-state index in [4.69, 9.17) is 4.74 Å². The number of nitrogens with one attached hydrogen (secondary N) is 1. The summed E-state index contributed by atoms with van der Waals surface area (Å²) in [5.41, 5.74) is 0.621. The summed E-state index contributed by atoms with van der Waals surface area (Å²) in [4.78, 5) is 2.66. The Morgan fingerprint density at radius 3 is 2.88 bits per heavy atom. The lowest BCUT2D eigenvalue weighted by Gasteiger charge is -2.23. The van der Waals surface area contributed by atoms with Gasteiger partial charge >= 0.3 is 0 Å². The average molecular weight is 240 g/mol. The second kappa shape index (κ2) is 6.17. The van der Waals surface area contributed by atoms with E-state index in [1.165, 1.54) is 58.3 Å². The molecule has 100 valence electrons. The molecule has 0 aromatic carbocycles. The van der Waals surface area contributed by atoms with Gasteiger partial charge in [-0.05, 0) is 50.6 Å². The maximum atomic E-state index is 5.23. The zero-order valence-electron chi connectivity index (χ0n) is 11.5. The highest BCUT2D eigenvalue weighted by atomic mass is 16.5. The van der Waals surface area contributed by atoms with Gasteiger partial charge in [0.05, 0.1) is 0 Å². The zero-order valence-corrected chi connectivity index (χ0v) is 11.5. The van der Waals surface area contributed by atoms with Crippen molar-refractivity contribution in [1.29, 1.82) is 0 Å². The van der Waals surface area contributed by atoms with E-state index in [9.17, 15) is 0 Å². The van der Waals surface area contributed by atoms with E-state index < -0.39 is 0 Å². The molecule has 0 amide bonds. The van der Waals surface area contributed by atoms with Crippen LogP contribution in [0.1, 0.15) is 39.0 Å². The van der Waals surface area contributed by atoms with Crippen LogP contribution in [0.15, 0.2) is 0 Å². The molecule has 2 fully saturated rings. The maximum Gasteiger partial charge on any atom is 0.0468 e. The lowest BCUT2D eigenvalue weighted by atomic mass is 10.0. The third kappa shape index (κ3) is 3.94. The minimum atomic E-state index is 0.621. The monoisotopic (exact) mass is 240 g/mol. The molecule has 0 aromatic rings. The summed E-state index contributed by atoms with van der Waals surface area (Å²) in [6.07, 6.45) is 6.67. The van der Waals surface area contributed by atoms with Crippen LogP contribution in [0.25, 0.3) is 0 Å². The Hall–Kier alpha value is -0.120. The molecule has 3 heteroatoms. The van der Waals surface area contributed by atoms with E-state index in [-0.39, 0.29) is 0 Å². The number of likely N-dealkylation sites (tertiary alicyclic amines) is 1. The van der Waals surface area contributed by atoms with Crippen LogP contribution in [0.3, 0.4) is 0 Å². The Morgan fingerprint density at radius 2 is 2.24 bits per heavy atom. The highest BCUT2D eigenvalue weighted by Crippen LogP contribution is 2.49. The Balaban J connectivity index is 1.67. The smallest absolute Gasteiger partial charge is 0.0468 e. The van der Waals surface area contributed by atoms with Crippen molar-refractivity contribution in [2.24, 2.45) is 5.41 Å². The number of ether oxygens (including phenoxy) is 1. The predicted octanol–water partition coefficient (Wildman–Crippen LogP) is 1.88. The van der Waals surface area contributed by atoms with Crippen LogP contribution in [0.5, 0.6) is 0 Å². The minimum absolute atomic E-state index is 0.621. The van der Waals surface area contributed by atoms with Gasteiger partial charge in [0.15, 0.2) is 0 Å². The second-order valence-electron chi connectivity index (χ2n) is 5.92. The molecule has 1 saturated carbocycles. The van der Waals surface area contributed by atoms with Crippen molar-refractivity contribution >= 4 is 0 Å². The molecule has 1 saturated heterocycles. The fourth-order valence-corrected chi connectivity index (χ4v) is 2.95. The molecule has 0 aromatic heterocycles. The van der Waals surface area contributed by atoms with Gasteiger partial charge in [0.1, 0.15) is 0 Å². The van der Waals surface area contributed by atoms with Gasteiger partial charge in [-0.2, -0.15) is 0 Å². The van der Waals surface area contributed by atoms with Gasteiger partial charge < -0.3 is 15.0 Å². The van der Waals surface area contributed by atoms with Gasteiger partial charge in [-0.1, -0.05) is 6.92 Å². The van der Waals surface area contributed by atoms with Gasteiger partial charge in [0.2, 0.25) is 0 Å². The van der Waals surface area contributed by atoms with E-state index in [0.29, 0.717) is 5.41 Å². The van der Waals surface area contributed by atoms with Crippen LogP contribution in [0, 0.1) is 5.41 Å². The summed E-state index contributed by atoms with van der Waals surface area (Å²) in [5.74, 6) is 0. The fourth-order valence-electron chi connectivity index (χ4n) is 2.95. The van der Waals surface area contributed by atoms with Gasteiger partial charge in [-0.25, -0.2) is 0 Å². The number of methoxy groups -OCH3 is 1. The van der Waals surface area contributed by atoms with Gasteiger partial charge in [0.25, 0.3) is 0 Å². The lowest BCUT2D eigenvalue weighted by Crippen LogP contribution is -2.35. The van der Waals surface area contributed by atoms with Crippen molar-refractivity contribution in [2.75, 3.05) is 39.9 Å². The minimum Gasteiger partial charge on any atom is -0.385 e. The second-order valence-corrected chi connectivity index (χ2v) is 5.92. The number of nitrogens with zero attached hydrogens (tertiary/aromatic N) is 1. The molecule has 17 heavy (non-hydrogen) atoms. The molecule has 0 spiro atoms. The summed E-state index contributed by atoms with van der Waals surface area (Å²) < 4.78 is 5.23. The first-order chi connectivity index (χ1) is 8.28. The van der Waals surface area contributed by atoms with E-state index in [2.05, 4.69) is 17.1 Å². The van der Waals surface area contributed by atoms with Crippen molar-refractivity contribution in [2.45, 2.75) is 45.1 Å². The third-order valence-electron chi connectivity index (χ3n) is 4.31. The molecule has 2 rings (SSSR count). The van der Waals surface area contributed by atoms with Crippen LogP contribution in [-0.2, 0) is 4.74 Å². The van der Waals surface area contributed by atoms with Crippen molar-refractivity contribution in [3.05, 3.63) is 0 Å².